The van der Waals surface area contributed by atoms with E-state index in [0.717, 1.165) is 11.3 Å². The van der Waals surface area contributed by atoms with Gasteiger partial charge in [-0.25, -0.2) is 4.79 Å². The van der Waals surface area contributed by atoms with E-state index >= 15 is 0 Å². The third-order valence-electron chi connectivity index (χ3n) is 1.62. The number of carbonyl (C=O) groups excluding carboxylic acids is 1. The molecule has 0 aliphatic carbocycles. The zero-order valence-electron chi connectivity index (χ0n) is 8.67. The zero-order chi connectivity index (χ0) is 13.0. The number of rotatable bonds is 4. The number of hydrogen-bond donors (Lipinski definition) is 2. The zero-order valence-corrected chi connectivity index (χ0v) is 9.48. The second-order valence-electron chi connectivity index (χ2n) is 2.98. The molecule has 0 aromatic carbocycles. The maximum atomic E-state index is 10.8. The van der Waals surface area contributed by atoms with Crippen LogP contribution in [0.15, 0.2) is 17.8 Å². The highest BCUT2D eigenvalue weighted by Crippen LogP contribution is 2.25. The quantitative estimate of drug-likeness (QED) is 0.478. The van der Waals surface area contributed by atoms with E-state index in [9.17, 15) is 19.7 Å². The van der Waals surface area contributed by atoms with Gasteiger partial charge in [-0.15, -0.1) is 0 Å². The van der Waals surface area contributed by atoms with E-state index in [1.165, 1.54) is 25.1 Å². The standard InChI is InChI=1S/C9H8N2O5S/c1-5(12)10-7(9(13)14)4-6-2-3-8(17-6)11(15)16/h2-4H,1H3,(H,10,12)(H,13,14). The average Bonchev–Trinajstić information content (AvgIpc) is 2.64. The molecule has 0 spiro atoms. The van der Waals surface area contributed by atoms with E-state index in [1.807, 2.05) is 0 Å². The number of thiophene rings is 1. The molecule has 2 N–H and O–H groups in total. The van der Waals surface area contributed by atoms with Crippen molar-refractivity contribution in [2.45, 2.75) is 6.92 Å². The van der Waals surface area contributed by atoms with Crippen molar-refractivity contribution in [2.75, 3.05) is 0 Å². The molecular weight excluding hydrogens is 248 g/mol. The first kappa shape index (κ1) is 12.8. The molecule has 7 nitrogen and oxygen atoms in total. The van der Waals surface area contributed by atoms with Gasteiger partial charge in [-0.05, 0) is 12.1 Å². The Morgan fingerprint density at radius 1 is 1.53 bits per heavy atom. The van der Waals surface area contributed by atoms with Crippen molar-refractivity contribution in [2.24, 2.45) is 0 Å². The minimum absolute atomic E-state index is 0.0937. The highest BCUT2D eigenvalue weighted by atomic mass is 32.1. The topological polar surface area (TPSA) is 110 Å². The van der Waals surface area contributed by atoms with Crippen molar-refractivity contribution in [1.82, 2.24) is 5.32 Å². The van der Waals surface area contributed by atoms with E-state index < -0.39 is 16.8 Å². The van der Waals surface area contributed by atoms with Crippen LogP contribution in [0.1, 0.15) is 11.8 Å². The fourth-order valence-electron chi connectivity index (χ4n) is 1.00. The van der Waals surface area contributed by atoms with Gasteiger partial charge in [0.1, 0.15) is 5.70 Å². The summed E-state index contributed by atoms with van der Waals surface area (Å²) in [6.07, 6.45) is 1.17. The Kier molecular flexibility index (Phi) is 3.94. The maximum absolute atomic E-state index is 10.8. The van der Waals surface area contributed by atoms with Gasteiger partial charge >= 0.3 is 11.0 Å². The third kappa shape index (κ3) is 3.68. The van der Waals surface area contributed by atoms with Crippen LogP contribution in [0.4, 0.5) is 5.00 Å². The first-order valence-electron chi connectivity index (χ1n) is 4.37. The van der Waals surface area contributed by atoms with Crippen LogP contribution in [0.5, 0.6) is 0 Å². The largest absolute Gasteiger partial charge is 0.477 e. The number of aliphatic carboxylic acids is 1. The number of carbonyl (C=O) groups is 2. The smallest absolute Gasteiger partial charge is 0.352 e. The summed E-state index contributed by atoms with van der Waals surface area (Å²) < 4.78 is 0. The Morgan fingerprint density at radius 2 is 2.18 bits per heavy atom. The molecular formula is C9H8N2O5S. The summed E-state index contributed by atoms with van der Waals surface area (Å²) in [6, 6.07) is 2.68. The summed E-state index contributed by atoms with van der Waals surface area (Å²) >= 11 is 0.824. The molecule has 0 atom stereocenters. The van der Waals surface area contributed by atoms with Gasteiger partial charge in [-0.2, -0.15) is 0 Å². The van der Waals surface area contributed by atoms with Crippen molar-refractivity contribution in [1.29, 1.82) is 0 Å². The maximum Gasteiger partial charge on any atom is 0.352 e. The van der Waals surface area contributed by atoms with Crippen LogP contribution in [0.2, 0.25) is 0 Å². The lowest BCUT2D eigenvalue weighted by Gasteiger charge is -2.00. The fraction of sp³-hybridized carbons (Fsp3) is 0.111. The van der Waals surface area contributed by atoms with E-state index in [2.05, 4.69) is 5.32 Å². The Balaban J connectivity index is 3.00. The Hall–Kier alpha value is -2.22. The van der Waals surface area contributed by atoms with Crippen LogP contribution in [-0.4, -0.2) is 21.9 Å². The Labute approximate surface area is 99.5 Å². The van der Waals surface area contributed by atoms with E-state index in [4.69, 9.17) is 5.11 Å². The van der Waals surface area contributed by atoms with Crippen molar-refractivity contribution in [3.8, 4) is 0 Å². The molecule has 0 aliphatic rings. The summed E-state index contributed by atoms with van der Waals surface area (Å²) in [5.41, 5.74) is -0.325. The van der Waals surface area contributed by atoms with Crippen LogP contribution in [0.25, 0.3) is 6.08 Å². The molecule has 8 heteroatoms. The van der Waals surface area contributed by atoms with E-state index in [0.29, 0.717) is 4.88 Å². The summed E-state index contributed by atoms with van der Waals surface area (Å²) in [5.74, 6) is -1.83. The molecule has 1 amide bonds. The van der Waals surface area contributed by atoms with Gasteiger partial charge in [0.05, 0.1) is 4.92 Å². The molecule has 1 heterocycles. The predicted molar refractivity (Wildman–Crippen MR) is 60.4 cm³/mol. The van der Waals surface area contributed by atoms with Gasteiger partial charge < -0.3 is 10.4 Å². The van der Waals surface area contributed by atoms with Gasteiger partial charge in [0.2, 0.25) is 5.91 Å². The summed E-state index contributed by atoms with van der Waals surface area (Å²) in [5, 5.41) is 21.2. The fourth-order valence-corrected chi connectivity index (χ4v) is 1.77. The SMILES string of the molecule is CC(=O)NC(=Cc1ccc([N+](=O)[O-])s1)C(=O)O. The van der Waals surface area contributed by atoms with Crippen LogP contribution < -0.4 is 5.32 Å². The third-order valence-corrected chi connectivity index (χ3v) is 2.60. The lowest BCUT2D eigenvalue weighted by atomic mass is 10.3. The molecule has 90 valence electrons. The molecule has 1 rings (SSSR count). The van der Waals surface area contributed by atoms with Crippen molar-refractivity contribution in [3.63, 3.8) is 0 Å². The number of nitrogens with zero attached hydrogens (tertiary/aromatic N) is 1. The molecule has 0 aliphatic heterocycles. The molecule has 0 fully saturated rings. The van der Waals surface area contributed by atoms with Gasteiger partial charge in [-0.1, -0.05) is 11.3 Å². The average molecular weight is 256 g/mol. The van der Waals surface area contributed by atoms with Gasteiger partial charge in [0.25, 0.3) is 0 Å². The Morgan fingerprint density at radius 3 is 2.59 bits per heavy atom. The van der Waals surface area contributed by atoms with Gasteiger partial charge in [-0.3, -0.25) is 14.9 Å². The number of nitro groups is 1. The molecule has 0 unspecified atom stereocenters. The summed E-state index contributed by atoms with van der Waals surface area (Å²) in [4.78, 5) is 31.7. The Bertz CT molecular complexity index is 505. The highest BCUT2D eigenvalue weighted by molar-refractivity contribution is 7.16. The van der Waals surface area contributed by atoms with E-state index in [1.54, 1.807) is 0 Å². The minimum Gasteiger partial charge on any atom is -0.477 e. The second-order valence-corrected chi connectivity index (χ2v) is 4.07. The number of carboxylic acid groups (broad SMARTS) is 1. The lowest BCUT2D eigenvalue weighted by Crippen LogP contribution is -2.24. The number of amides is 1. The highest BCUT2D eigenvalue weighted by Gasteiger charge is 2.12. The second kappa shape index (κ2) is 5.21. The van der Waals surface area contributed by atoms with Gasteiger partial charge in [0.15, 0.2) is 0 Å². The van der Waals surface area contributed by atoms with Crippen LogP contribution >= 0.6 is 11.3 Å². The van der Waals surface area contributed by atoms with Crippen LogP contribution in [-0.2, 0) is 9.59 Å². The lowest BCUT2D eigenvalue weighted by molar-refractivity contribution is -0.380. The van der Waals surface area contributed by atoms with E-state index in [-0.39, 0.29) is 10.7 Å². The number of nitrogens with one attached hydrogen (secondary N) is 1. The first-order valence-corrected chi connectivity index (χ1v) is 5.18. The van der Waals surface area contributed by atoms with Crippen LogP contribution in [0.3, 0.4) is 0 Å². The normalized spacial score (nSPS) is 11.0. The predicted octanol–water partition coefficient (Wildman–Crippen LogP) is 1.22. The monoisotopic (exact) mass is 256 g/mol. The van der Waals surface area contributed by atoms with Crippen molar-refractivity contribution in [3.05, 3.63) is 32.8 Å². The number of hydrogen-bond acceptors (Lipinski definition) is 5. The number of carboxylic acids is 1. The first-order chi connectivity index (χ1) is 7.90. The molecule has 0 radical (unpaired) electrons. The molecule has 17 heavy (non-hydrogen) atoms. The van der Waals surface area contributed by atoms with Crippen molar-refractivity contribution < 1.29 is 19.6 Å². The molecule has 1 aromatic rings. The molecule has 0 saturated carbocycles. The van der Waals surface area contributed by atoms with Crippen molar-refractivity contribution >= 4 is 34.3 Å². The van der Waals surface area contributed by atoms with Gasteiger partial charge in [0, 0.05) is 17.9 Å². The minimum atomic E-state index is -1.31. The molecule has 0 bridgehead atoms. The van der Waals surface area contributed by atoms with Crippen LogP contribution in [0, 0.1) is 10.1 Å². The molecule has 1 aromatic heterocycles. The summed E-state index contributed by atoms with van der Waals surface area (Å²) in [6.45, 7) is 1.17. The molecule has 0 saturated heterocycles. The summed E-state index contributed by atoms with van der Waals surface area (Å²) in [7, 11) is 0.